The van der Waals surface area contributed by atoms with Crippen molar-refractivity contribution in [2.24, 2.45) is 0 Å². The van der Waals surface area contributed by atoms with E-state index >= 15 is 0 Å². The van der Waals surface area contributed by atoms with E-state index in [1.54, 1.807) is 0 Å². The van der Waals surface area contributed by atoms with Crippen molar-refractivity contribution < 1.29 is 22.8 Å². The number of anilines is 1. The second kappa shape index (κ2) is 5.77. The second-order valence-corrected chi connectivity index (χ2v) is 4.01. The zero-order chi connectivity index (χ0) is 14.6. The van der Waals surface area contributed by atoms with Crippen LogP contribution in [0.3, 0.4) is 0 Å². The van der Waals surface area contributed by atoms with Gasteiger partial charge in [-0.2, -0.15) is 13.2 Å². The lowest BCUT2D eigenvalue weighted by Gasteiger charge is -2.17. The Hall–Kier alpha value is -1.99. The molecule has 0 aliphatic rings. The summed E-state index contributed by atoms with van der Waals surface area (Å²) in [6, 6.07) is 2.98. The smallest absolute Gasteiger partial charge is 0.391 e. The summed E-state index contributed by atoms with van der Waals surface area (Å²) in [6.45, 7) is 1.38. The van der Waals surface area contributed by atoms with Crippen LogP contribution in [0.4, 0.5) is 24.5 Å². The average molecular weight is 278 g/mol. The Bertz CT molecular complexity index is 463. The van der Waals surface area contributed by atoms with Gasteiger partial charge in [-0.25, -0.2) is 0 Å². The van der Waals surface area contributed by atoms with E-state index in [-0.39, 0.29) is 11.4 Å². The minimum absolute atomic E-state index is 0.00536. The summed E-state index contributed by atoms with van der Waals surface area (Å²) in [7, 11) is 1.26. The van der Waals surface area contributed by atoms with Gasteiger partial charge in [0, 0.05) is 23.9 Å². The number of ether oxygens (including phenoxy) is 1. The molecule has 0 spiro atoms. The molecule has 1 rings (SSSR count). The van der Waals surface area contributed by atoms with Gasteiger partial charge in [0.15, 0.2) is 5.75 Å². The third-order valence-electron chi connectivity index (χ3n) is 2.33. The monoisotopic (exact) mass is 278 g/mol. The van der Waals surface area contributed by atoms with Crippen molar-refractivity contribution in [1.82, 2.24) is 0 Å². The van der Waals surface area contributed by atoms with Gasteiger partial charge in [0.05, 0.1) is 18.5 Å². The van der Waals surface area contributed by atoms with Crippen molar-refractivity contribution >= 4 is 11.4 Å². The molecule has 19 heavy (non-hydrogen) atoms. The van der Waals surface area contributed by atoms with Crippen LogP contribution < -0.4 is 10.1 Å². The van der Waals surface area contributed by atoms with Crippen molar-refractivity contribution in [3.05, 3.63) is 28.3 Å². The highest BCUT2D eigenvalue weighted by Crippen LogP contribution is 2.30. The SMILES string of the molecule is COc1cc(NC(C)CC(F)(F)F)ccc1[N+](=O)[O-]. The van der Waals surface area contributed by atoms with Crippen LogP contribution in [-0.4, -0.2) is 24.3 Å². The van der Waals surface area contributed by atoms with Crippen LogP contribution in [0.5, 0.6) is 5.75 Å². The lowest BCUT2D eigenvalue weighted by Crippen LogP contribution is -2.23. The lowest BCUT2D eigenvalue weighted by atomic mass is 10.2. The molecule has 5 nitrogen and oxygen atoms in total. The van der Waals surface area contributed by atoms with E-state index < -0.39 is 23.6 Å². The maximum absolute atomic E-state index is 12.2. The Morgan fingerprint density at radius 1 is 1.47 bits per heavy atom. The summed E-state index contributed by atoms with van der Waals surface area (Å²) in [5.41, 5.74) is 0.0933. The van der Waals surface area contributed by atoms with Crippen LogP contribution in [0.25, 0.3) is 0 Å². The van der Waals surface area contributed by atoms with Crippen LogP contribution in [0.15, 0.2) is 18.2 Å². The number of nitro benzene ring substituents is 1. The van der Waals surface area contributed by atoms with E-state index in [1.807, 2.05) is 0 Å². The third kappa shape index (κ3) is 4.65. The number of rotatable bonds is 5. The Morgan fingerprint density at radius 3 is 2.58 bits per heavy atom. The molecule has 1 aromatic rings. The molecular weight excluding hydrogens is 265 g/mol. The minimum Gasteiger partial charge on any atom is -0.490 e. The Labute approximate surface area is 107 Å². The maximum Gasteiger partial charge on any atom is 0.391 e. The molecule has 1 N–H and O–H groups in total. The van der Waals surface area contributed by atoms with E-state index in [1.165, 1.54) is 32.2 Å². The fraction of sp³-hybridized carbons (Fsp3) is 0.455. The topological polar surface area (TPSA) is 64.4 Å². The number of nitrogens with zero attached hydrogens (tertiary/aromatic N) is 1. The van der Waals surface area contributed by atoms with Gasteiger partial charge in [0.25, 0.3) is 0 Å². The largest absolute Gasteiger partial charge is 0.490 e. The molecule has 0 bridgehead atoms. The van der Waals surface area contributed by atoms with Crippen molar-refractivity contribution in [1.29, 1.82) is 0 Å². The van der Waals surface area contributed by atoms with Gasteiger partial charge in [-0.3, -0.25) is 10.1 Å². The zero-order valence-electron chi connectivity index (χ0n) is 10.3. The molecule has 1 unspecified atom stereocenters. The van der Waals surface area contributed by atoms with Gasteiger partial charge in [-0.15, -0.1) is 0 Å². The predicted octanol–water partition coefficient (Wildman–Crippen LogP) is 3.36. The number of nitro groups is 1. The van der Waals surface area contributed by atoms with Crippen LogP contribution >= 0.6 is 0 Å². The number of halogens is 3. The first kappa shape index (κ1) is 15.1. The number of nitrogens with one attached hydrogen (secondary N) is 1. The molecular formula is C11H13F3N2O3. The zero-order valence-corrected chi connectivity index (χ0v) is 10.3. The molecule has 0 fully saturated rings. The fourth-order valence-corrected chi connectivity index (χ4v) is 1.60. The summed E-state index contributed by atoms with van der Waals surface area (Å²) >= 11 is 0. The number of benzene rings is 1. The summed E-state index contributed by atoms with van der Waals surface area (Å²) in [5.74, 6) is -0.00536. The number of hydrogen-bond donors (Lipinski definition) is 1. The van der Waals surface area contributed by atoms with Gasteiger partial charge in [-0.1, -0.05) is 0 Å². The highest BCUT2D eigenvalue weighted by Gasteiger charge is 2.30. The minimum atomic E-state index is -4.27. The van der Waals surface area contributed by atoms with Gasteiger partial charge in [0.1, 0.15) is 0 Å². The van der Waals surface area contributed by atoms with E-state index in [9.17, 15) is 23.3 Å². The van der Waals surface area contributed by atoms with Crippen LogP contribution in [0.2, 0.25) is 0 Å². The second-order valence-electron chi connectivity index (χ2n) is 4.01. The van der Waals surface area contributed by atoms with Crippen molar-refractivity contribution in [2.75, 3.05) is 12.4 Å². The van der Waals surface area contributed by atoms with Crippen molar-refractivity contribution in [3.8, 4) is 5.75 Å². The number of alkyl halides is 3. The summed E-state index contributed by atoms with van der Waals surface area (Å²) in [4.78, 5) is 10.0. The molecule has 0 heterocycles. The summed E-state index contributed by atoms with van der Waals surface area (Å²) < 4.78 is 41.3. The molecule has 0 aliphatic heterocycles. The van der Waals surface area contributed by atoms with Crippen molar-refractivity contribution in [3.63, 3.8) is 0 Å². The van der Waals surface area contributed by atoms with E-state index in [0.717, 1.165) is 0 Å². The van der Waals surface area contributed by atoms with E-state index in [0.29, 0.717) is 5.69 Å². The first-order valence-corrected chi connectivity index (χ1v) is 5.38. The summed E-state index contributed by atoms with van der Waals surface area (Å²) in [6.07, 6.45) is -5.26. The van der Waals surface area contributed by atoms with Crippen molar-refractivity contribution in [2.45, 2.75) is 25.6 Å². The molecule has 8 heteroatoms. The standard InChI is InChI=1S/C11H13F3N2O3/c1-7(6-11(12,13)14)15-8-3-4-9(16(17)18)10(5-8)19-2/h3-5,7,15H,6H2,1-2H3. The van der Waals surface area contributed by atoms with E-state index in [4.69, 9.17) is 4.74 Å². The number of methoxy groups -OCH3 is 1. The molecule has 1 aromatic carbocycles. The molecule has 0 amide bonds. The highest BCUT2D eigenvalue weighted by molar-refractivity contribution is 5.58. The van der Waals surface area contributed by atoms with Gasteiger partial charge in [-0.05, 0) is 13.0 Å². The van der Waals surface area contributed by atoms with Gasteiger partial charge < -0.3 is 10.1 Å². The van der Waals surface area contributed by atoms with E-state index in [2.05, 4.69) is 5.32 Å². The quantitative estimate of drug-likeness (QED) is 0.662. The summed E-state index contributed by atoms with van der Waals surface area (Å²) in [5, 5.41) is 13.3. The van der Waals surface area contributed by atoms with Crippen LogP contribution in [0, 0.1) is 10.1 Å². The van der Waals surface area contributed by atoms with Crippen LogP contribution in [0.1, 0.15) is 13.3 Å². The maximum atomic E-state index is 12.2. The molecule has 0 radical (unpaired) electrons. The Morgan fingerprint density at radius 2 is 2.11 bits per heavy atom. The third-order valence-corrected chi connectivity index (χ3v) is 2.33. The normalized spacial score (nSPS) is 12.9. The average Bonchev–Trinajstić information content (AvgIpc) is 2.25. The Kier molecular flexibility index (Phi) is 4.57. The molecule has 1 atom stereocenters. The fourth-order valence-electron chi connectivity index (χ4n) is 1.60. The molecule has 0 aromatic heterocycles. The predicted molar refractivity (Wildman–Crippen MR) is 63.4 cm³/mol. The first-order chi connectivity index (χ1) is 8.73. The van der Waals surface area contributed by atoms with Crippen LogP contribution in [-0.2, 0) is 0 Å². The van der Waals surface area contributed by atoms with Gasteiger partial charge >= 0.3 is 11.9 Å². The van der Waals surface area contributed by atoms with Gasteiger partial charge in [0.2, 0.25) is 0 Å². The molecule has 0 aliphatic carbocycles. The lowest BCUT2D eigenvalue weighted by molar-refractivity contribution is -0.385. The molecule has 106 valence electrons. The Balaban J connectivity index is 2.83. The molecule has 0 saturated carbocycles. The first-order valence-electron chi connectivity index (χ1n) is 5.38. The highest BCUT2D eigenvalue weighted by atomic mass is 19.4. The molecule has 0 saturated heterocycles. The number of hydrogen-bond acceptors (Lipinski definition) is 4.